The van der Waals surface area contributed by atoms with Crippen LogP contribution in [0.2, 0.25) is 0 Å². The molecule has 0 bridgehead atoms. The maximum absolute atomic E-state index is 12.9. The van der Waals surface area contributed by atoms with Crippen LogP contribution in [-0.4, -0.2) is 87.6 Å². The highest BCUT2D eigenvalue weighted by Gasteiger charge is 2.23. The van der Waals surface area contributed by atoms with Gasteiger partial charge >= 0.3 is 11.9 Å². The van der Waals surface area contributed by atoms with Gasteiger partial charge in [-0.1, -0.05) is 83.2 Å². The topological polar surface area (TPSA) is 65.6 Å². The standard InChI is InChI=1S/C46H50N4O4S2/c1-33-13-19-41(35(3)29-33)55-43-11-7-5-9-39(43)49-25-21-47(22-26-49)31-53-45(51)37-15-17-38(18-16-37)46(52)54-32-48-23-27-50(28-24-48)40-10-6-8-12-44(40)56-42-20-14-34(2)30-36(42)4/h5-20,29-30H,21-28,31-32H2,1-4H3. The van der Waals surface area contributed by atoms with Gasteiger partial charge in [0, 0.05) is 71.9 Å². The van der Waals surface area contributed by atoms with Crippen LogP contribution in [0.4, 0.5) is 11.4 Å². The minimum Gasteiger partial charge on any atom is -0.446 e. The summed E-state index contributed by atoms with van der Waals surface area (Å²) < 4.78 is 11.4. The molecule has 10 heteroatoms. The number of hydrogen-bond donors (Lipinski definition) is 0. The lowest BCUT2D eigenvalue weighted by Crippen LogP contribution is -2.47. The van der Waals surface area contributed by atoms with Gasteiger partial charge in [0.15, 0.2) is 0 Å². The summed E-state index contributed by atoms with van der Waals surface area (Å²) in [6.45, 7) is 15.5. The molecule has 5 aromatic rings. The molecule has 2 heterocycles. The van der Waals surface area contributed by atoms with Gasteiger partial charge in [-0.3, -0.25) is 9.80 Å². The molecular weight excluding hydrogens is 737 g/mol. The SMILES string of the molecule is Cc1ccc(Sc2ccccc2N2CCN(COC(=O)c3ccc(C(=O)OCN4CCN(c5ccccc5Sc5ccc(C)cc5C)CC4)cc3)CC2)c(C)c1. The highest BCUT2D eigenvalue weighted by atomic mass is 32.2. The third-order valence-corrected chi connectivity index (χ3v) is 12.9. The molecule has 2 aliphatic heterocycles. The second kappa shape index (κ2) is 18.5. The van der Waals surface area contributed by atoms with Crippen LogP contribution < -0.4 is 9.80 Å². The maximum Gasteiger partial charge on any atom is 0.339 e. The Labute approximate surface area is 339 Å². The molecule has 2 fully saturated rings. The van der Waals surface area contributed by atoms with Gasteiger partial charge in [0.05, 0.1) is 22.5 Å². The molecule has 0 amide bonds. The third-order valence-electron chi connectivity index (χ3n) is 10.4. The number of benzene rings is 5. The van der Waals surface area contributed by atoms with Crippen LogP contribution in [0.25, 0.3) is 0 Å². The van der Waals surface area contributed by atoms with E-state index in [1.807, 2.05) is 23.5 Å². The van der Waals surface area contributed by atoms with Gasteiger partial charge in [0.25, 0.3) is 0 Å². The van der Waals surface area contributed by atoms with E-state index in [0.717, 1.165) is 52.4 Å². The number of esters is 2. The molecule has 8 nitrogen and oxygen atoms in total. The van der Waals surface area contributed by atoms with E-state index in [0.29, 0.717) is 11.1 Å². The maximum atomic E-state index is 12.9. The number of piperazine rings is 2. The van der Waals surface area contributed by atoms with Crippen LogP contribution in [0.1, 0.15) is 43.0 Å². The lowest BCUT2D eigenvalue weighted by molar-refractivity contribution is 0.0191. The zero-order valence-corrected chi connectivity index (χ0v) is 34.3. The molecule has 5 aromatic carbocycles. The average molecular weight is 787 g/mol. The second-order valence-electron chi connectivity index (χ2n) is 14.6. The van der Waals surface area contributed by atoms with Crippen molar-refractivity contribution in [2.75, 3.05) is 75.6 Å². The molecule has 2 aliphatic rings. The summed E-state index contributed by atoms with van der Waals surface area (Å²) in [7, 11) is 0. The molecule has 7 rings (SSSR count). The fourth-order valence-corrected chi connectivity index (χ4v) is 9.20. The van der Waals surface area contributed by atoms with Crippen molar-refractivity contribution in [1.82, 2.24) is 9.80 Å². The molecule has 0 N–H and O–H groups in total. The highest BCUT2D eigenvalue weighted by Crippen LogP contribution is 2.39. The summed E-state index contributed by atoms with van der Waals surface area (Å²) in [4.78, 5) is 40.0. The molecule has 0 aromatic heterocycles. The normalized spacial score (nSPS) is 15.1. The van der Waals surface area contributed by atoms with Crippen molar-refractivity contribution in [3.63, 3.8) is 0 Å². The Morgan fingerprint density at radius 2 is 0.857 bits per heavy atom. The molecule has 0 aliphatic carbocycles. The molecule has 0 spiro atoms. The first-order valence-corrected chi connectivity index (χ1v) is 20.9. The van der Waals surface area contributed by atoms with Crippen molar-refractivity contribution in [2.24, 2.45) is 0 Å². The lowest BCUT2D eigenvalue weighted by atomic mass is 10.1. The summed E-state index contributed by atoms with van der Waals surface area (Å²) in [5.41, 5.74) is 8.39. The molecule has 2 saturated heterocycles. The van der Waals surface area contributed by atoms with Gasteiger partial charge < -0.3 is 19.3 Å². The van der Waals surface area contributed by atoms with E-state index in [4.69, 9.17) is 9.47 Å². The summed E-state index contributed by atoms with van der Waals surface area (Å²) in [5, 5.41) is 0. The number of ether oxygens (including phenoxy) is 2. The van der Waals surface area contributed by atoms with E-state index in [9.17, 15) is 9.59 Å². The summed E-state index contributed by atoms with van der Waals surface area (Å²) in [6.07, 6.45) is 0. The fourth-order valence-electron chi connectivity index (χ4n) is 7.12. The van der Waals surface area contributed by atoms with E-state index in [1.165, 1.54) is 53.2 Å². The monoisotopic (exact) mass is 786 g/mol. The van der Waals surface area contributed by atoms with E-state index < -0.39 is 11.9 Å². The molecule has 0 atom stereocenters. The van der Waals surface area contributed by atoms with Gasteiger partial charge in [0.2, 0.25) is 0 Å². The number of rotatable bonds is 12. The summed E-state index contributed by atoms with van der Waals surface area (Å²) in [5.74, 6) is -0.816. The number of para-hydroxylation sites is 2. The number of aryl methyl sites for hydroxylation is 4. The van der Waals surface area contributed by atoms with Crippen LogP contribution in [-0.2, 0) is 9.47 Å². The van der Waals surface area contributed by atoms with Gasteiger partial charge in [-0.25, -0.2) is 9.59 Å². The Hall–Kier alpha value is -4.74. The van der Waals surface area contributed by atoms with Gasteiger partial charge in [0.1, 0.15) is 13.5 Å². The molecule has 290 valence electrons. The predicted octanol–water partition coefficient (Wildman–Crippen LogP) is 9.10. The molecule has 0 saturated carbocycles. The fraction of sp³-hybridized carbons (Fsp3) is 0.304. The first kappa shape index (κ1) is 39.5. The van der Waals surface area contributed by atoms with E-state index in [-0.39, 0.29) is 13.5 Å². The quantitative estimate of drug-likeness (QED) is 0.115. The van der Waals surface area contributed by atoms with Crippen molar-refractivity contribution in [3.8, 4) is 0 Å². The first-order valence-electron chi connectivity index (χ1n) is 19.3. The predicted molar refractivity (Wildman–Crippen MR) is 228 cm³/mol. The van der Waals surface area contributed by atoms with Crippen molar-refractivity contribution < 1.29 is 19.1 Å². The van der Waals surface area contributed by atoms with Crippen LogP contribution in [0, 0.1) is 27.7 Å². The Morgan fingerprint density at radius 3 is 1.23 bits per heavy atom. The minimum atomic E-state index is -0.408. The summed E-state index contributed by atoms with van der Waals surface area (Å²) >= 11 is 3.62. The molecule has 56 heavy (non-hydrogen) atoms. The van der Waals surface area contributed by atoms with Crippen LogP contribution in [0.15, 0.2) is 129 Å². The number of carbonyl (C=O) groups excluding carboxylic acids is 2. The van der Waals surface area contributed by atoms with E-state index in [2.05, 4.69) is 132 Å². The van der Waals surface area contributed by atoms with Crippen molar-refractivity contribution in [1.29, 1.82) is 0 Å². The Morgan fingerprint density at radius 1 is 0.482 bits per heavy atom. The Balaban J connectivity index is 0.833. The first-order chi connectivity index (χ1) is 27.2. The van der Waals surface area contributed by atoms with Gasteiger partial charge in [-0.2, -0.15) is 0 Å². The van der Waals surface area contributed by atoms with Gasteiger partial charge in [-0.15, -0.1) is 0 Å². The van der Waals surface area contributed by atoms with Crippen LogP contribution in [0.3, 0.4) is 0 Å². The Kier molecular flexibility index (Phi) is 13.0. The zero-order valence-electron chi connectivity index (χ0n) is 32.7. The average Bonchev–Trinajstić information content (AvgIpc) is 3.22. The Bertz CT molecular complexity index is 1990. The van der Waals surface area contributed by atoms with Crippen molar-refractivity contribution >= 4 is 46.8 Å². The number of hydrogen-bond acceptors (Lipinski definition) is 10. The third kappa shape index (κ3) is 9.97. The summed E-state index contributed by atoms with van der Waals surface area (Å²) in [6, 6.07) is 36.9. The lowest BCUT2D eigenvalue weighted by Gasteiger charge is -2.36. The van der Waals surface area contributed by atoms with E-state index in [1.54, 1.807) is 24.3 Å². The molecular formula is C46H50N4O4S2. The second-order valence-corrected chi connectivity index (χ2v) is 16.8. The molecule has 0 unspecified atom stereocenters. The van der Waals surface area contributed by atoms with E-state index >= 15 is 0 Å². The molecule has 0 radical (unpaired) electrons. The van der Waals surface area contributed by atoms with Crippen molar-refractivity contribution in [2.45, 2.75) is 47.3 Å². The van der Waals surface area contributed by atoms with Crippen LogP contribution in [0.5, 0.6) is 0 Å². The number of anilines is 2. The smallest absolute Gasteiger partial charge is 0.339 e. The zero-order chi connectivity index (χ0) is 39.0. The number of nitrogens with zero attached hydrogens (tertiary/aromatic N) is 4. The highest BCUT2D eigenvalue weighted by molar-refractivity contribution is 7.99. The van der Waals surface area contributed by atoms with Gasteiger partial charge in [-0.05, 0) is 99.5 Å². The van der Waals surface area contributed by atoms with Crippen molar-refractivity contribution in [3.05, 3.63) is 143 Å². The van der Waals surface area contributed by atoms with Crippen LogP contribution >= 0.6 is 23.5 Å². The largest absolute Gasteiger partial charge is 0.446 e. The number of carbonyl (C=O) groups is 2. The minimum absolute atomic E-state index is 0.222.